The van der Waals surface area contributed by atoms with Crippen LogP contribution in [0.2, 0.25) is 0 Å². The number of pyridine rings is 2. The number of methoxy groups -OCH3 is 1. The molecule has 2 aromatic heterocycles. The standard InChI is InChI=1S/C12H12BrN3O/c1-8-5-11(14-7-10(8)13)16-9-3-4-12(17-2)15-6-9/h3-7H,1-2H3,(H,14,16). The Labute approximate surface area is 108 Å². The minimum atomic E-state index is 0.593. The Bertz CT molecular complexity index is 514. The minimum Gasteiger partial charge on any atom is -0.481 e. The van der Waals surface area contributed by atoms with E-state index in [1.165, 1.54) is 0 Å². The number of rotatable bonds is 3. The van der Waals surface area contributed by atoms with E-state index in [-0.39, 0.29) is 0 Å². The first-order chi connectivity index (χ1) is 8.19. The fourth-order valence-corrected chi connectivity index (χ4v) is 1.55. The summed E-state index contributed by atoms with van der Waals surface area (Å²) in [4.78, 5) is 8.37. The third kappa shape index (κ3) is 2.94. The van der Waals surface area contributed by atoms with Gasteiger partial charge < -0.3 is 10.1 Å². The molecule has 5 heteroatoms. The van der Waals surface area contributed by atoms with Gasteiger partial charge in [-0.2, -0.15) is 0 Å². The van der Waals surface area contributed by atoms with Crippen LogP contribution in [-0.2, 0) is 0 Å². The monoisotopic (exact) mass is 293 g/mol. The van der Waals surface area contributed by atoms with Gasteiger partial charge in [-0.15, -0.1) is 0 Å². The number of nitrogens with zero attached hydrogens (tertiary/aromatic N) is 2. The van der Waals surface area contributed by atoms with Crippen LogP contribution >= 0.6 is 15.9 Å². The summed E-state index contributed by atoms with van der Waals surface area (Å²) in [7, 11) is 1.59. The SMILES string of the molecule is COc1ccc(Nc2cc(C)c(Br)cn2)cn1. The van der Waals surface area contributed by atoms with Gasteiger partial charge in [0.2, 0.25) is 5.88 Å². The zero-order chi connectivity index (χ0) is 12.3. The summed E-state index contributed by atoms with van der Waals surface area (Å²) in [5, 5.41) is 3.17. The molecule has 0 aliphatic rings. The van der Waals surface area contributed by atoms with Gasteiger partial charge in [-0.3, -0.25) is 0 Å². The highest BCUT2D eigenvalue weighted by Crippen LogP contribution is 2.20. The lowest BCUT2D eigenvalue weighted by atomic mass is 10.3. The van der Waals surface area contributed by atoms with Crippen molar-refractivity contribution in [2.75, 3.05) is 12.4 Å². The maximum absolute atomic E-state index is 4.99. The fourth-order valence-electron chi connectivity index (χ4n) is 1.33. The Kier molecular flexibility index (Phi) is 3.58. The number of halogens is 1. The van der Waals surface area contributed by atoms with E-state index in [1.807, 2.05) is 19.1 Å². The van der Waals surface area contributed by atoms with Crippen LogP contribution in [0.4, 0.5) is 11.5 Å². The molecule has 17 heavy (non-hydrogen) atoms. The second-order valence-electron chi connectivity index (χ2n) is 3.53. The van der Waals surface area contributed by atoms with Gasteiger partial charge in [0.05, 0.1) is 19.0 Å². The van der Waals surface area contributed by atoms with Gasteiger partial charge in [-0.25, -0.2) is 9.97 Å². The molecule has 1 N–H and O–H groups in total. The predicted octanol–water partition coefficient (Wildman–Crippen LogP) is 3.30. The first-order valence-electron chi connectivity index (χ1n) is 5.08. The van der Waals surface area contributed by atoms with Gasteiger partial charge in [-0.05, 0) is 40.5 Å². The molecular weight excluding hydrogens is 282 g/mol. The molecule has 0 fully saturated rings. The molecule has 2 rings (SSSR count). The zero-order valence-electron chi connectivity index (χ0n) is 9.57. The number of hydrogen-bond acceptors (Lipinski definition) is 4. The van der Waals surface area contributed by atoms with E-state index in [1.54, 1.807) is 25.6 Å². The van der Waals surface area contributed by atoms with Crippen molar-refractivity contribution in [1.82, 2.24) is 9.97 Å². The van der Waals surface area contributed by atoms with Crippen molar-refractivity contribution in [3.05, 3.63) is 40.6 Å². The summed E-state index contributed by atoms with van der Waals surface area (Å²) in [6.45, 7) is 2.02. The van der Waals surface area contributed by atoms with Crippen LogP contribution in [0.15, 0.2) is 35.1 Å². The van der Waals surface area contributed by atoms with Gasteiger partial charge in [0.15, 0.2) is 0 Å². The maximum atomic E-state index is 4.99. The molecule has 0 radical (unpaired) electrons. The van der Waals surface area contributed by atoms with Crippen molar-refractivity contribution in [3.8, 4) is 5.88 Å². The molecule has 0 atom stereocenters. The fraction of sp³-hybridized carbons (Fsp3) is 0.167. The molecule has 0 spiro atoms. The van der Waals surface area contributed by atoms with E-state index < -0.39 is 0 Å². The summed E-state index contributed by atoms with van der Waals surface area (Å²) >= 11 is 3.41. The van der Waals surface area contributed by atoms with Crippen molar-refractivity contribution in [3.63, 3.8) is 0 Å². The molecule has 0 aromatic carbocycles. The van der Waals surface area contributed by atoms with Crippen LogP contribution in [0.3, 0.4) is 0 Å². The highest BCUT2D eigenvalue weighted by Gasteiger charge is 2.00. The molecule has 0 aliphatic heterocycles. The molecule has 88 valence electrons. The molecule has 4 nitrogen and oxygen atoms in total. The zero-order valence-corrected chi connectivity index (χ0v) is 11.2. The van der Waals surface area contributed by atoms with Crippen molar-refractivity contribution in [2.24, 2.45) is 0 Å². The second-order valence-corrected chi connectivity index (χ2v) is 4.39. The second kappa shape index (κ2) is 5.14. The Hall–Kier alpha value is -1.62. The van der Waals surface area contributed by atoms with E-state index in [0.29, 0.717) is 5.88 Å². The quantitative estimate of drug-likeness (QED) is 0.943. The van der Waals surface area contributed by atoms with E-state index in [9.17, 15) is 0 Å². The highest BCUT2D eigenvalue weighted by atomic mass is 79.9. The lowest BCUT2D eigenvalue weighted by molar-refractivity contribution is 0.398. The topological polar surface area (TPSA) is 47.0 Å². The van der Waals surface area contributed by atoms with Crippen LogP contribution in [0.1, 0.15) is 5.56 Å². The van der Waals surface area contributed by atoms with Gasteiger partial charge in [0, 0.05) is 16.7 Å². The number of aryl methyl sites for hydroxylation is 1. The maximum Gasteiger partial charge on any atom is 0.213 e. The summed E-state index contributed by atoms with van der Waals surface area (Å²) in [6, 6.07) is 5.66. The lowest BCUT2D eigenvalue weighted by Gasteiger charge is -2.07. The average Bonchev–Trinajstić information content (AvgIpc) is 2.35. The first kappa shape index (κ1) is 11.9. The molecule has 0 saturated heterocycles. The molecule has 0 bridgehead atoms. The third-order valence-electron chi connectivity index (χ3n) is 2.26. The minimum absolute atomic E-state index is 0.593. The largest absolute Gasteiger partial charge is 0.481 e. The Balaban J connectivity index is 2.16. The van der Waals surface area contributed by atoms with Gasteiger partial charge in [-0.1, -0.05) is 0 Å². The number of aromatic nitrogens is 2. The van der Waals surface area contributed by atoms with Crippen LogP contribution in [0, 0.1) is 6.92 Å². The summed E-state index contributed by atoms with van der Waals surface area (Å²) in [5.41, 5.74) is 2.00. The Morgan fingerprint density at radius 2 is 2.06 bits per heavy atom. The highest BCUT2D eigenvalue weighted by molar-refractivity contribution is 9.10. The Morgan fingerprint density at radius 3 is 2.65 bits per heavy atom. The van der Waals surface area contributed by atoms with E-state index >= 15 is 0 Å². The Morgan fingerprint density at radius 1 is 1.24 bits per heavy atom. The third-order valence-corrected chi connectivity index (χ3v) is 3.09. The smallest absolute Gasteiger partial charge is 0.213 e. The molecule has 0 saturated carbocycles. The number of hydrogen-bond donors (Lipinski definition) is 1. The van der Waals surface area contributed by atoms with Gasteiger partial charge in [0.1, 0.15) is 5.82 Å². The lowest BCUT2D eigenvalue weighted by Crippen LogP contribution is -1.95. The molecule has 0 aliphatic carbocycles. The first-order valence-corrected chi connectivity index (χ1v) is 5.87. The number of nitrogens with one attached hydrogen (secondary N) is 1. The van der Waals surface area contributed by atoms with Crippen molar-refractivity contribution in [1.29, 1.82) is 0 Å². The van der Waals surface area contributed by atoms with E-state index in [0.717, 1.165) is 21.5 Å². The molecule has 2 heterocycles. The van der Waals surface area contributed by atoms with Gasteiger partial charge >= 0.3 is 0 Å². The van der Waals surface area contributed by atoms with Crippen LogP contribution in [0.5, 0.6) is 5.88 Å². The molecule has 0 unspecified atom stereocenters. The van der Waals surface area contributed by atoms with Crippen LogP contribution < -0.4 is 10.1 Å². The normalized spacial score (nSPS) is 10.1. The molecule has 2 aromatic rings. The van der Waals surface area contributed by atoms with Crippen LogP contribution in [-0.4, -0.2) is 17.1 Å². The average molecular weight is 294 g/mol. The van der Waals surface area contributed by atoms with E-state index in [4.69, 9.17) is 4.74 Å². The number of anilines is 2. The van der Waals surface area contributed by atoms with E-state index in [2.05, 4.69) is 31.2 Å². The van der Waals surface area contributed by atoms with Crippen LogP contribution in [0.25, 0.3) is 0 Å². The summed E-state index contributed by atoms with van der Waals surface area (Å²) in [5.74, 6) is 1.38. The number of ether oxygens (including phenoxy) is 1. The van der Waals surface area contributed by atoms with Crippen molar-refractivity contribution in [2.45, 2.75) is 6.92 Å². The van der Waals surface area contributed by atoms with Gasteiger partial charge in [0.25, 0.3) is 0 Å². The summed E-state index contributed by atoms with van der Waals surface area (Å²) in [6.07, 6.45) is 3.48. The predicted molar refractivity (Wildman–Crippen MR) is 70.7 cm³/mol. The molecular formula is C12H12BrN3O. The van der Waals surface area contributed by atoms with Crippen molar-refractivity contribution < 1.29 is 4.74 Å². The molecule has 0 amide bonds. The van der Waals surface area contributed by atoms with Crippen molar-refractivity contribution >= 4 is 27.4 Å². The summed E-state index contributed by atoms with van der Waals surface area (Å²) < 4.78 is 5.99.